The predicted molar refractivity (Wildman–Crippen MR) is 53.9 cm³/mol. The van der Waals surface area contributed by atoms with Crippen LogP contribution in [0.1, 0.15) is 0 Å². The summed E-state index contributed by atoms with van der Waals surface area (Å²) in [5, 5.41) is 0. The summed E-state index contributed by atoms with van der Waals surface area (Å²) in [6.07, 6.45) is 0. The lowest BCUT2D eigenvalue weighted by atomic mass is 10.3. The van der Waals surface area contributed by atoms with Crippen molar-refractivity contribution in [2.45, 2.75) is 9.79 Å². The van der Waals surface area contributed by atoms with Gasteiger partial charge in [0.15, 0.2) is 0 Å². The fourth-order valence-corrected chi connectivity index (χ4v) is 2.13. The third-order valence-corrected chi connectivity index (χ3v) is 3.31. The number of hydrogen-bond acceptors (Lipinski definition) is 6. The molecule has 0 aliphatic carbocycles. The van der Waals surface area contributed by atoms with Crippen LogP contribution in [0.2, 0.25) is 0 Å². The third-order valence-electron chi connectivity index (χ3n) is 1.64. The molecule has 0 saturated carbocycles. The minimum Gasteiger partial charge on any atom is -0.324 e. The molecule has 1 aromatic carbocycles. The largest absolute Gasteiger partial charge is 0.324 e. The predicted octanol–water partition coefficient (Wildman–Crippen LogP) is -0.534. The molecule has 1 aromatic rings. The first kappa shape index (κ1) is 12.9. The molecular formula is C6H8N2O6S2. The molecule has 1 rings (SSSR count). The molecule has 0 fully saturated rings. The Kier molecular flexibility index (Phi) is 3.21. The number of benzene rings is 1. The van der Waals surface area contributed by atoms with Crippen LogP contribution in [-0.4, -0.2) is 25.9 Å². The second kappa shape index (κ2) is 3.99. The number of nitrogens with two attached hydrogens (primary N) is 1. The van der Waals surface area contributed by atoms with Gasteiger partial charge in [0.05, 0.1) is 15.5 Å². The highest BCUT2D eigenvalue weighted by atomic mass is 32.2. The molecule has 0 spiro atoms. The van der Waals surface area contributed by atoms with Gasteiger partial charge in [0.2, 0.25) is 0 Å². The van der Waals surface area contributed by atoms with E-state index >= 15 is 0 Å². The average Bonchev–Trinajstić information content (AvgIpc) is 2.14. The van der Waals surface area contributed by atoms with Crippen molar-refractivity contribution in [1.29, 1.82) is 0 Å². The Labute approximate surface area is 91.5 Å². The van der Waals surface area contributed by atoms with Crippen LogP contribution in [0.15, 0.2) is 28.0 Å². The zero-order valence-corrected chi connectivity index (χ0v) is 9.29. The molecule has 0 bridgehead atoms. The number of anilines is 1. The van der Waals surface area contributed by atoms with Gasteiger partial charge in [0.25, 0.3) is 20.2 Å². The Bertz CT molecular complexity index is 556. The minimum atomic E-state index is -4.59. The Balaban J connectivity index is 3.58. The van der Waals surface area contributed by atoms with Gasteiger partial charge in [-0.2, -0.15) is 16.8 Å². The van der Waals surface area contributed by atoms with Gasteiger partial charge in [-0.15, -0.1) is 0 Å². The quantitative estimate of drug-likeness (QED) is 0.325. The van der Waals surface area contributed by atoms with Crippen molar-refractivity contribution in [1.82, 2.24) is 0 Å². The molecule has 0 atom stereocenters. The summed E-state index contributed by atoms with van der Waals surface area (Å²) in [7, 11) is -9.18. The van der Waals surface area contributed by atoms with Crippen molar-refractivity contribution in [3.63, 3.8) is 0 Å². The average molecular weight is 268 g/mol. The normalized spacial score (nSPS) is 12.4. The summed E-state index contributed by atoms with van der Waals surface area (Å²) in [5.74, 6) is 4.97. The molecule has 0 heterocycles. The van der Waals surface area contributed by atoms with Crippen molar-refractivity contribution >= 4 is 25.9 Å². The van der Waals surface area contributed by atoms with Crippen LogP contribution in [0.3, 0.4) is 0 Å². The first-order valence-corrected chi connectivity index (χ1v) is 6.59. The molecule has 90 valence electrons. The molecule has 0 aliphatic rings. The first-order valence-electron chi connectivity index (χ1n) is 3.71. The standard InChI is InChI=1S/C6H8N2O6S2/c7-8-4-1-5(15(9,10)11)3-6(2-4)16(12,13)14/h1-3,8H,7H2,(H,9,10,11)(H,12,13,14). The Morgan fingerprint density at radius 2 is 1.31 bits per heavy atom. The van der Waals surface area contributed by atoms with Gasteiger partial charge in [0.1, 0.15) is 0 Å². The van der Waals surface area contributed by atoms with Crippen molar-refractivity contribution in [2.75, 3.05) is 5.43 Å². The van der Waals surface area contributed by atoms with Crippen molar-refractivity contribution in [3.05, 3.63) is 18.2 Å². The third kappa shape index (κ3) is 2.90. The molecule has 0 aromatic heterocycles. The van der Waals surface area contributed by atoms with Gasteiger partial charge >= 0.3 is 0 Å². The van der Waals surface area contributed by atoms with Crippen LogP contribution < -0.4 is 11.3 Å². The van der Waals surface area contributed by atoms with E-state index in [1.165, 1.54) is 0 Å². The van der Waals surface area contributed by atoms with Gasteiger partial charge in [0, 0.05) is 0 Å². The SMILES string of the molecule is NNc1cc(S(=O)(=O)O)cc(S(=O)(=O)O)c1. The lowest BCUT2D eigenvalue weighted by molar-refractivity contribution is 0.481. The fraction of sp³-hybridized carbons (Fsp3) is 0. The Hall–Kier alpha value is -1.20. The van der Waals surface area contributed by atoms with Crippen LogP contribution in [0, 0.1) is 0 Å². The number of rotatable bonds is 3. The highest BCUT2D eigenvalue weighted by Crippen LogP contribution is 2.21. The van der Waals surface area contributed by atoms with Gasteiger partial charge in [-0.1, -0.05) is 0 Å². The van der Waals surface area contributed by atoms with Crippen LogP contribution in [0.4, 0.5) is 5.69 Å². The lowest BCUT2D eigenvalue weighted by Crippen LogP contribution is -2.10. The maximum absolute atomic E-state index is 10.8. The minimum absolute atomic E-state index is 0.0947. The molecule has 0 unspecified atom stereocenters. The molecule has 8 nitrogen and oxygen atoms in total. The topological polar surface area (TPSA) is 147 Å². The molecular weight excluding hydrogens is 260 g/mol. The van der Waals surface area contributed by atoms with Gasteiger partial charge in [-0.3, -0.25) is 14.9 Å². The van der Waals surface area contributed by atoms with Crippen LogP contribution in [-0.2, 0) is 20.2 Å². The summed E-state index contributed by atoms with van der Waals surface area (Å²) < 4.78 is 60.6. The van der Waals surface area contributed by atoms with E-state index in [0.29, 0.717) is 6.07 Å². The maximum Gasteiger partial charge on any atom is 0.294 e. The number of hydrazine groups is 1. The number of nitrogen functional groups attached to an aromatic ring is 1. The van der Waals surface area contributed by atoms with Crippen molar-refractivity contribution in [3.8, 4) is 0 Å². The van der Waals surface area contributed by atoms with Crippen LogP contribution in [0.5, 0.6) is 0 Å². The molecule has 0 saturated heterocycles. The van der Waals surface area contributed by atoms with Crippen LogP contribution in [0.25, 0.3) is 0 Å². The molecule has 0 amide bonds. The highest BCUT2D eigenvalue weighted by Gasteiger charge is 2.17. The van der Waals surface area contributed by atoms with Crippen molar-refractivity contribution in [2.24, 2.45) is 5.84 Å². The van der Waals surface area contributed by atoms with E-state index in [2.05, 4.69) is 0 Å². The molecule has 5 N–H and O–H groups in total. The second-order valence-corrected chi connectivity index (χ2v) is 5.63. The van der Waals surface area contributed by atoms with E-state index in [9.17, 15) is 16.8 Å². The van der Waals surface area contributed by atoms with Crippen molar-refractivity contribution < 1.29 is 25.9 Å². The summed E-state index contributed by atoms with van der Waals surface area (Å²) in [4.78, 5) is -1.40. The zero-order chi connectivity index (χ0) is 12.6. The van der Waals surface area contributed by atoms with E-state index in [4.69, 9.17) is 14.9 Å². The molecule has 16 heavy (non-hydrogen) atoms. The smallest absolute Gasteiger partial charge is 0.294 e. The molecule has 10 heteroatoms. The molecule has 0 radical (unpaired) electrons. The van der Waals surface area contributed by atoms with Crippen LogP contribution >= 0.6 is 0 Å². The Morgan fingerprint density at radius 1 is 0.938 bits per heavy atom. The van der Waals surface area contributed by atoms with E-state index in [1.54, 1.807) is 0 Å². The summed E-state index contributed by atoms with van der Waals surface area (Å²) in [5.41, 5.74) is 1.91. The second-order valence-electron chi connectivity index (χ2n) is 2.79. The van der Waals surface area contributed by atoms with Gasteiger partial charge < -0.3 is 5.43 Å². The zero-order valence-electron chi connectivity index (χ0n) is 7.65. The fourth-order valence-electron chi connectivity index (χ4n) is 0.953. The number of hydrogen-bond donors (Lipinski definition) is 4. The van der Waals surface area contributed by atoms with E-state index in [0.717, 1.165) is 12.1 Å². The van der Waals surface area contributed by atoms with E-state index in [-0.39, 0.29) is 5.69 Å². The van der Waals surface area contributed by atoms with E-state index in [1.807, 2.05) is 5.43 Å². The monoisotopic (exact) mass is 268 g/mol. The first-order chi connectivity index (χ1) is 7.14. The highest BCUT2D eigenvalue weighted by molar-refractivity contribution is 7.86. The summed E-state index contributed by atoms with van der Waals surface area (Å²) in [6, 6.07) is 2.42. The maximum atomic E-state index is 10.8. The summed E-state index contributed by atoms with van der Waals surface area (Å²) in [6.45, 7) is 0. The summed E-state index contributed by atoms with van der Waals surface area (Å²) >= 11 is 0. The molecule has 0 aliphatic heterocycles. The van der Waals surface area contributed by atoms with E-state index < -0.39 is 30.0 Å². The lowest BCUT2D eigenvalue weighted by Gasteiger charge is -2.05. The number of nitrogens with one attached hydrogen (secondary N) is 1. The van der Waals surface area contributed by atoms with Gasteiger partial charge in [-0.25, -0.2) is 0 Å². The van der Waals surface area contributed by atoms with Gasteiger partial charge in [-0.05, 0) is 18.2 Å². The Morgan fingerprint density at radius 3 is 1.56 bits per heavy atom.